The van der Waals surface area contributed by atoms with Crippen LogP contribution in [0, 0.1) is 32.0 Å². The molecule has 1 N–H and O–H groups in total. The number of hydrogen-bond acceptors (Lipinski definition) is 5. The Morgan fingerprint density at radius 1 is 1.02 bits per heavy atom. The summed E-state index contributed by atoms with van der Waals surface area (Å²) in [4.78, 5) is 22.5. The van der Waals surface area contributed by atoms with E-state index in [0.29, 0.717) is 11.3 Å². The molecule has 2 aliphatic rings. The zero-order valence-electron chi connectivity index (χ0n) is 27.7. The van der Waals surface area contributed by atoms with Crippen molar-refractivity contribution >= 4 is 11.7 Å². The van der Waals surface area contributed by atoms with Crippen molar-refractivity contribution in [2.24, 2.45) is 5.41 Å². The van der Waals surface area contributed by atoms with E-state index in [-0.39, 0.29) is 11.2 Å². The number of ether oxygens (including phenoxy) is 1. The number of carboxylic acids is 1. The lowest BCUT2D eigenvalue weighted by Gasteiger charge is -2.41. The molecule has 1 atom stereocenters. The van der Waals surface area contributed by atoms with Crippen LogP contribution in [0.2, 0.25) is 0 Å². The molecular formula is C37H48FN3O3. The Kier molecular flexibility index (Phi) is 8.94. The number of fused-ring (bicyclic) bond motifs is 1. The molecule has 1 saturated heterocycles. The zero-order chi connectivity index (χ0) is 32.0. The van der Waals surface area contributed by atoms with Gasteiger partial charge >= 0.3 is 5.97 Å². The Labute approximate surface area is 262 Å². The van der Waals surface area contributed by atoms with Crippen LogP contribution in [0.5, 0.6) is 0 Å². The smallest absolute Gasteiger partial charge is 0.337 e. The predicted octanol–water partition coefficient (Wildman–Crippen LogP) is 7.94. The molecule has 0 amide bonds. The molecule has 2 aromatic carbocycles. The molecular weight excluding hydrogens is 553 g/mol. The molecule has 0 saturated carbocycles. The lowest BCUT2D eigenvalue weighted by molar-refractivity contribution is -0.160. The van der Waals surface area contributed by atoms with Crippen molar-refractivity contribution in [2.75, 3.05) is 24.5 Å². The highest BCUT2D eigenvalue weighted by Crippen LogP contribution is 2.45. The molecule has 44 heavy (non-hydrogen) atoms. The number of halogens is 1. The molecule has 236 valence electrons. The summed E-state index contributed by atoms with van der Waals surface area (Å²) < 4.78 is 19.9. The first-order chi connectivity index (χ1) is 20.6. The molecule has 0 aliphatic carbocycles. The Balaban J connectivity index is 1.56. The number of carboxylic acid groups (broad SMARTS) is 1. The number of aromatic nitrogens is 1. The first kappa shape index (κ1) is 32.1. The normalized spacial score (nSPS) is 17.8. The fourth-order valence-electron chi connectivity index (χ4n) is 6.73. The van der Waals surface area contributed by atoms with Crippen LogP contribution in [-0.4, -0.2) is 46.2 Å². The van der Waals surface area contributed by atoms with E-state index in [9.17, 15) is 14.3 Å². The van der Waals surface area contributed by atoms with Gasteiger partial charge in [-0.25, -0.2) is 9.18 Å². The van der Waals surface area contributed by atoms with Crippen LogP contribution in [0.4, 0.5) is 10.1 Å². The molecule has 0 bridgehead atoms. The summed E-state index contributed by atoms with van der Waals surface area (Å²) in [5.41, 5.74) is 9.60. The van der Waals surface area contributed by atoms with Gasteiger partial charge in [-0.05, 0) is 106 Å². The number of nitrogens with zero attached hydrogens (tertiary/aromatic N) is 3. The van der Waals surface area contributed by atoms with Crippen LogP contribution in [0.25, 0.3) is 11.1 Å². The lowest BCUT2D eigenvalue weighted by Crippen LogP contribution is -2.39. The topological polar surface area (TPSA) is 65.9 Å². The van der Waals surface area contributed by atoms with Crippen molar-refractivity contribution in [3.63, 3.8) is 0 Å². The summed E-state index contributed by atoms with van der Waals surface area (Å²) in [6.07, 6.45) is 1.83. The second-order valence-corrected chi connectivity index (χ2v) is 14.5. The summed E-state index contributed by atoms with van der Waals surface area (Å²) in [5.74, 6) is -1.20. The van der Waals surface area contributed by atoms with Crippen LogP contribution >= 0.6 is 0 Å². The molecule has 0 spiro atoms. The Morgan fingerprint density at radius 3 is 2.36 bits per heavy atom. The number of hydrogen-bond donors (Lipinski definition) is 1. The molecule has 3 aromatic rings. The summed E-state index contributed by atoms with van der Waals surface area (Å²) in [5, 5.41) is 10.5. The van der Waals surface area contributed by atoms with Crippen LogP contribution in [0.1, 0.15) is 92.8 Å². The van der Waals surface area contributed by atoms with Crippen molar-refractivity contribution in [1.29, 1.82) is 0 Å². The van der Waals surface area contributed by atoms with Gasteiger partial charge in [-0.2, -0.15) is 0 Å². The van der Waals surface area contributed by atoms with Crippen LogP contribution in [0.15, 0.2) is 36.4 Å². The largest absolute Gasteiger partial charge is 0.479 e. The van der Waals surface area contributed by atoms with Crippen molar-refractivity contribution in [3.05, 3.63) is 81.4 Å². The van der Waals surface area contributed by atoms with Gasteiger partial charge in [-0.1, -0.05) is 38.1 Å². The number of pyridine rings is 1. The number of aryl methyl sites for hydroxylation is 3. The van der Waals surface area contributed by atoms with Crippen molar-refractivity contribution < 1.29 is 19.0 Å². The fraction of sp³-hybridized carbons (Fsp3) is 0.514. The van der Waals surface area contributed by atoms with E-state index >= 15 is 0 Å². The number of piperidine rings is 1. The average Bonchev–Trinajstić information content (AvgIpc) is 2.92. The molecule has 3 heterocycles. The van der Waals surface area contributed by atoms with Gasteiger partial charge in [0.1, 0.15) is 5.82 Å². The minimum absolute atomic E-state index is 0.195. The van der Waals surface area contributed by atoms with Gasteiger partial charge in [0.15, 0.2) is 6.10 Å². The lowest BCUT2D eigenvalue weighted by atomic mass is 9.81. The third-order valence-corrected chi connectivity index (χ3v) is 9.25. The van der Waals surface area contributed by atoms with E-state index in [1.165, 1.54) is 11.1 Å². The maximum absolute atomic E-state index is 13.7. The van der Waals surface area contributed by atoms with Crippen LogP contribution < -0.4 is 4.90 Å². The van der Waals surface area contributed by atoms with E-state index < -0.39 is 17.7 Å². The minimum atomic E-state index is -1.13. The van der Waals surface area contributed by atoms with Crippen molar-refractivity contribution in [2.45, 2.75) is 99.4 Å². The number of aliphatic carboxylic acids is 1. The highest BCUT2D eigenvalue weighted by atomic mass is 19.1. The van der Waals surface area contributed by atoms with E-state index in [1.807, 2.05) is 47.6 Å². The molecule has 7 heteroatoms. The highest BCUT2D eigenvalue weighted by Gasteiger charge is 2.36. The fourth-order valence-corrected chi connectivity index (χ4v) is 6.73. The van der Waals surface area contributed by atoms with Crippen LogP contribution in [0.3, 0.4) is 0 Å². The Hall–Kier alpha value is -3.29. The molecule has 1 aromatic heterocycles. The third-order valence-electron chi connectivity index (χ3n) is 9.25. The van der Waals surface area contributed by atoms with Crippen molar-refractivity contribution in [3.8, 4) is 11.1 Å². The molecule has 0 radical (unpaired) electrons. The van der Waals surface area contributed by atoms with E-state index in [0.717, 1.165) is 85.6 Å². The first-order valence-corrected chi connectivity index (χ1v) is 15.9. The standard InChI is InChI=1S/C37H48FN3O3/c1-23-19-30(38)12-11-28(23)21-40-16-13-26-20-27(9-10-29(26)22-40)31-24(2)39-25(3)32(34(35(42)43)44-36(4,5)6)33(31)41-17-14-37(7,8)15-18-41/h9-12,19-20,34H,13-18,21-22H2,1-8H3,(H,42,43). The van der Waals surface area contributed by atoms with E-state index in [2.05, 4.69) is 41.8 Å². The van der Waals surface area contributed by atoms with E-state index in [4.69, 9.17) is 9.72 Å². The van der Waals surface area contributed by atoms with Crippen LogP contribution in [-0.2, 0) is 29.0 Å². The van der Waals surface area contributed by atoms with Gasteiger partial charge < -0.3 is 14.7 Å². The monoisotopic (exact) mass is 601 g/mol. The molecule has 6 nitrogen and oxygen atoms in total. The SMILES string of the molecule is Cc1cc(F)ccc1CN1CCc2cc(-c3c(C)nc(C)c(C(OC(C)(C)C)C(=O)O)c3N3CCC(C)(C)CC3)ccc2C1. The first-order valence-electron chi connectivity index (χ1n) is 15.9. The second kappa shape index (κ2) is 12.2. The molecule has 5 rings (SSSR count). The third kappa shape index (κ3) is 7.00. The summed E-state index contributed by atoms with van der Waals surface area (Å²) in [6, 6.07) is 11.7. The number of rotatable bonds is 7. The van der Waals surface area contributed by atoms with Gasteiger partial charge in [-0.3, -0.25) is 9.88 Å². The average molecular weight is 602 g/mol. The maximum Gasteiger partial charge on any atom is 0.337 e. The zero-order valence-corrected chi connectivity index (χ0v) is 27.7. The number of anilines is 1. The summed E-state index contributed by atoms with van der Waals surface area (Å²) >= 11 is 0. The maximum atomic E-state index is 13.7. The van der Waals surface area contributed by atoms with Gasteiger partial charge in [0.2, 0.25) is 0 Å². The second-order valence-electron chi connectivity index (χ2n) is 14.5. The van der Waals surface area contributed by atoms with E-state index in [1.54, 1.807) is 12.1 Å². The Morgan fingerprint density at radius 2 is 1.73 bits per heavy atom. The molecule has 1 unspecified atom stereocenters. The molecule has 1 fully saturated rings. The number of benzene rings is 2. The molecule has 2 aliphatic heterocycles. The van der Waals surface area contributed by atoms with Gasteiger partial charge in [0.05, 0.1) is 11.3 Å². The Bertz CT molecular complexity index is 1550. The van der Waals surface area contributed by atoms with Crippen molar-refractivity contribution in [1.82, 2.24) is 9.88 Å². The quantitative estimate of drug-likeness (QED) is 0.297. The van der Waals surface area contributed by atoms with Gasteiger partial charge in [0, 0.05) is 55.2 Å². The van der Waals surface area contributed by atoms with Gasteiger partial charge in [-0.15, -0.1) is 0 Å². The summed E-state index contributed by atoms with van der Waals surface area (Å²) in [7, 11) is 0. The minimum Gasteiger partial charge on any atom is -0.479 e. The highest BCUT2D eigenvalue weighted by molar-refractivity contribution is 5.88. The predicted molar refractivity (Wildman–Crippen MR) is 175 cm³/mol. The number of carbonyl (C=O) groups is 1. The van der Waals surface area contributed by atoms with Gasteiger partial charge in [0.25, 0.3) is 0 Å². The summed E-state index contributed by atoms with van der Waals surface area (Å²) in [6.45, 7) is 20.5.